The SMILES string of the molecule is CN=C(NCCCn1c(C)nc2ccccc21)NCc1ccccc1CN(C)C. The Labute approximate surface area is 173 Å². The number of nitrogens with zero attached hydrogens (tertiary/aromatic N) is 4. The molecule has 3 aromatic rings. The Balaban J connectivity index is 1.49. The van der Waals surface area contributed by atoms with Gasteiger partial charge in [-0.3, -0.25) is 4.99 Å². The molecule has 0 spiro atoms. The van der Waals surface area contributed by atoms with Crippen LogP contribution in [0.4, 0.5) is 0 Å². The minimum Gasteiger partial charge on any atom is -0.356 e. The van der Waals surface area contributed by atoms with Crippen LogP contribution in [-0.4, -0.2) is 48.1 Å². The van der Waals surface area contributed by atoms with Gasteiger partial charge in [0.15, 0.2) is 5.96 Å². The van der Waals surface area contributed by atoms with E-state index in [2.05, 4.69) is 93.6 Å². The summed E-state index contributed by atoms with van der Waals surface area (Å²) in [6.45, 7) is 5.54. The summed E-state index contributed by atoms with van der Waals surface area (Å²) < 4.78 is 2.28. The van der Waals surface area contributed by atoms with Crippen LogP contribution in [0.15, 0.2) is 53.5 Å². The Hall–Kier alpha value is -2.86. The largest absolute Gasteiger partial charge is 0.356 e. The molecule has 0 atom stereocenters. The van der Waals surface area contributed by atoms with Crippen LogP contribution in [0, 0.1) is 6.92 Å². The molecule has 6 nitrogen and oxygen atoms in total. The molecule has 6 heteroatoms. The molecule has 0 aliphatic rings. The molecule has 2 N–H and O–H groups in total. The Kier molecular flexibility index (Phi) is 7.25. The molecular formula is C23H32N6. The van der Waals surface area contributed by atoms with E-state index in [0.29, 0.717) is 0 Å². The molecule has 29 heavy (non-hydrogen) atoms. The van der Waals surface area contributed by atoms with Gasteiger partial charge in [0.2, 0.25) is 0 Å². The molecule has 3 rings (SSSR count). The van der Waals surface area contributed by atoms with E-state index in [9.17, 15) is 0 Å². The van der Waals surface area contributed by atoms with Crippen molar-refractivity contribution >= 4 is 17.0 Å². The number of guanidine groups is 1. The number of imidazole rings is 1. The number of hydrogen-bond donors (Lipinski definition) is 2. The summed E-state index contributed by atoms with van der Waals surface area (Å²) in [5.74, 6) is 1.89. The normalized spacial score (nSPS) is 12.0. The van der Waals surface area contributed by atoms with Crippen molar-refractivity contribution in [3.05, 3.63) is 65.5 Å². The summed E-state index contributed by atoms with van der Waals surface area (Å²) >= 11 is 0. The van der Waals surface area contributed by atoms with Gasteiger partial charge >= 0.3 is 0 Å². The number of aryl methyl sites for hydroxylation is 2. The average molecular weight is 393 g/mol. The van der Waals surface area contributed by atoms with Crippen molar-refractivity contribution < 1.29 is 0 Å². The molecule has 0 radical (unpaired) electrons. The minimum atomic E-state index is 0.759. The highest BCUT2D eigenvalue weighted by molar-refractivity contribution is 5.79. The Morgan fingerprint density at radius 2 is 1.76 bits per heavy atom. The second-order valence-corrected chi connectivity index (χ2v) is 7.51. The number of fused-ring (bicyclic) bond motifs is 1. The highest BCUT2D eigenvalue weighted by atomic mass is 15.2. The predicted octanol–water partition coefficient (Wildman–Crippen LogP) is 3.16. The van der Waals surface area contributed by atoms with Crippen LogP contribution >= 0.6 is 0 Å². The fourth-order valence-corrected chi connectivity index (χ4v) is 3.55. The molecule has 2 aromatic carbocycles. The predicted molar refractivity (Wildman–Crippen MR) is 121 cm³/mol. The molecule has 0 unspecified atom stereocenters. The van der Waals surface area contributed by atoms with Gasteiger partial charge in [-0.2, -0.15) is 0 Å². The zero-order valence-electron chi connectivity index (χ0n) is 17.9. The maximum Gasteiger partial charge on any atom is 0.191 e. The second kappa shape index (κ2) is 10.1. The van der Waals surface area contributed by atoms with E-state index in [0.717, 1.165) is 49.9 Å². The van der Waals surface area contributed by atoms with Crippen molar-refractivity contribution in [2.75, 3.05) is 27.7 Å². The lowest BCUT2D eigenvalue weighted by atomic mass is 10.1. The molecule has 154 valence electrons. The van der Waals surface area contributed by atoms with E-state index < -0.39 is 0 Å². The number of rotatable bonds is 8. The van der Waals surface area contributed by atoms with E-state index in [-0.39, 0.29) is 0 Å². The van der Waals surface area contributed by atoms with Crippen molar-refractivity contribution in [2.45, 2.75) is 33.0 Å². The first-order chi connectivity index (χ1) is 14.1. The van der Waals surface area contributed by atoms with E-state index in [4.69, 9.17) is 0 Å². The van der Waals surface area contributed by atoms with Gasteiger partial charge in [-0.15, -0.1) is 0 Å². The van der Waals surface area contributed by atoms with Crippen LogP contribution in [0.1, 0.15) is 23.4 Å². The van der Waals surface area contributed by atoms with E-state index in [1.807, 2.05) is 13.1 Å². The van der Waals surface area contributed by atoms with Gasteiger partial charge in [0.25, 0.3) is 0 Å². The second-order valence-electron chi connectivity index (χ2n) is 7.51. The maximum atomic E-state index is 4.64. The van der Waals surface area contributed by atoms with Gasteiger partial charge in [-0.1, -0.05) is 36.4 Å². The summed E-state index contributed by atoms with van der Waals surface area (Å²) in [5.41, 5.74) is 4.89. The number of benzene rings is 2. The Morgan fingerprint density at radius 1 is 1.03 bits per heavy atom. The first kappa shape index (κ1) is 20.9. The van der Waals surface area contributed by atoms with Crippen molar-refractivity contribution in [3.63, 3.8) is 0 Å². The van der Waals surface area contributed by atoms with Gasteiger partial charge < -0.3 is 20.1 Å². The highest BCUT2D eigenvalue weighted by Gasteiger charge is 2.07. The summed E-state index contributed by atoms with van der Waals surface area (Å²) in [4.78, 5) is 11.2. The van der Waals surface area contributed by atoms with E-state index in [1.54, 1.807) is 0 Å². The summed E-state index contributed by atoms with van der Waals surface area (Å²) in [5, 5.41) is 6.86. The van der Waals surface area contributed by atoms with Crippen LogP contribution in [0.5, 0.6) is 0 Å². The van der Waals surface area contributed by atoms with Gasteiger partial charge in [-0.05, 0) is 50.7 Å². The number of para-hydroxylation sites is 2. The third-order valence-corrected chi connectivity index (χ3v) is 4.97. The van der Waals surface area contributed by atoms with Gasteiger partial charge in [-0.25, -0.2) is 4.98 Å². The molecule has 0 aliphatic heterocycles. The molecule has 0 amide bonds. The minimum absolute atomic E-state index is 0.759. The number of hydrogen-bond acceptors (Lipinski definition) is 3. The van der Waals surface area contributed by atoms with Gasteiger partial charge in [0, 0.05) is 33.2 Å². The number of aliphatic imine (C=N–C) groups is 1. The maximum absolute atomic E-state index is 4.64. The van der Waals surface area contributed by atoms with Crippen LogP contribution in [0.3, 0.4) is 0 Å². The lowest BCUT2D eigenvalue weighted by Gasteiger charge is -2.16. The molecule has 0 saturated carbocycles. The van der Waals surface area contributed by atoms with Crippen LogP contribution < -0.4 is 10.6 Å². The fourth-order valence-electron chi connectivity index (χ4n) is 3.55. The van der Waals surface area contributed by atoms with Crippen molar-refractivity contribution in [1.82, 2.24) is 25.1 Å². The third kappa shape index (κ3) is 5.57. The number of aromatic nitrogens is 2. The smallest absolute Gasteiger partial charge is 0.191 e. The third-order valence-electron chi connectivity index (χ3n) is 4.97. The lowest BCUT2D eigenvalue weighted by Crippen LogP contribution is -2.37. The average Bonchev–Trinajstić information content (AvgIpc) is 3.03. The van der Waals surface area contributed by atoms with Crippen LogP contribution in [0.2, 0.25) is 0 Å². The Bertz CT molecular complexity index is 957. The zero-order chi connectivity index (χ0) is 20.6. The first-order valence-electron chi connectivity index (χ1n) is 10.2. The van der Waals surface area contributed by atoms with Gasteiger partial charge in [0.1, 0.15) is 5.82 Å². The summed E-state index contributed by atoms with van der Waals surface area (Å²) in [7, 11) is 6.00. The zero-order valence-corrected chi connectivity index (χ0v) is 17.9. The monoisotopic (exact) mass is 392 g/mol. The molecule has 0 aliphatic carbocycles. The van der Waals surface area contributed by atoms with Gasteiger partial charge in [0.05, 0.1) is 11.0 Å². The molecule has 0 bridgehead atoms. The fraction of sp³-hybridized carbons (Fsp3) is 0.391. The Morgan fingerprint density at radius 3 is 2.52 bits per heavy atom. The molecule has 1 aromatic heterocycles. The van der Waals surface area contributed by atoms with Crippen LogP contribution in [0.25, 0.3) is 11.0 Å². The van der Waals surface area contributed by atoms with Crippen molar-refractivity contribution in [1.29, 1.82) is 0 Å². The van der Waals surface area contributed by atoms with Crippen molar-refractivity contribution in [2.24, 2.45) is 4.99 Å². The molecule has 0 saturated heterocycles. The molecule has 1 heterocycles. The van der Waals surface area contributed by atoms with E-state index in [1.165, 1.54) is 16.6 Å². The lowest BCUT2D eigenvalue weighted by molar-refractivity contribution is 0.400. The van der Waals surface area contributed by atoms with Crippen LogP contribution in [-0.2, 0) is 19.6 Å². The molecular weight excluding hydrogens is 360 g/mol. The highest BCUT2D eigenvalue weighted by Crippen LogP contribution is 2.15. The van der Waals surface area contributed by atoms with Crippen molar-refractivity contribution in [3.8, 4) is 0 Å². The van der Waals surface area contributed by atoms with E-state index >= 15 is 0 Å². The number of nitrogens with one attached hydrogen (secondary N) is 2. The molecule has 0 fully saturated rings. The first-order valence-corrected chi connectivity index (χ1v) is 10.2. The summed E-state index contributed by atoms with van der Waals surface area (Å²) in [6, 6.07) is 16.8. The quantitative estimate of drug-likeness (QED) is 0.351. The standard InChI is InChI=1S/C23H32N6/c1-18-27-21-12-7-8-13-22(21)29(18)15-9-14-25-23(24-2)26-16-19-10-5-6-11-20(19)17-28(3)4/h5-8,10-13H,9,14-17H2,1-4H3,(H2,24,25,26). The topological polar surface area (TPSA) is 57.5 Å². The summed E-state index contributed by atoms with van der Waals surface area (Å²) in [6.07, 6.45) is 0.999.